The number of hydrogen-bond acceptors (Lipinski definition) is 4. The quantitative estimate of drug-likeness (QED) is 0.597. The van der Waals surface area contributed by atoms with E-state index in [1.807, 2.05) is 26.0 Å². The van der Waals surface area contributed by atoms with Gasteiger partial charge in [0.15, 0.2) is 0 Å². The van der Waals surface area contributed by atoms with Crippen molar-refractivity contribution in [3.63, 3.8) is 0 Å². The van der Waals surface area contributed by atoms with Crippen molar-refractivity contribution >= 4 is 17.5 Å². The van der Waals surface area contributed by atoms with Gasteiger partial charge >= 0.3 is 0 Å². The number of halogens is 3. The Morgan fingerprint density at radius 2 is 1.61 bits per heavy atom. The van der Waals surface area contributed by atoms with Crippen molar-refractivity contribution in [2.45, 2.75) is 32.4 Å². The van der Waals surface area contributed by atoms with E-state index in [4.69, 9.17) is 17.3 Å². The molecule has 0 aliphatic carbocycles. The molecule has 0 radical (unpaired) electrons. The summed E-state index contributed by atoms with van der Waals surface area (Å²) in [5.41, 5.74) is 7.25. The third-order valence-corrected chi connectivity index (χ3v) is 6.66. The van der Waals surface area contributed by atoms with E-state index < -0.39 is 23.7 Å². The molecule has 5 nitrogen and oxygen atoms in total. The number of carbonyl (C=O) groups excluding carboxylic acids is 1. The molecule has 0 aromatic heterocycles. The maximum absolute atomic E-state index is 14.7. The average molecular weight is 479 g/mol. The molecule has 1 aliphatic rings. The monoisotopic (exact) mass is 478 g/mol. The first-order valence-electron chi connectivity index (χ1n) is 11.5. The Bertz CT molecular complexity index is 895. The van der Waals surface area contributed by atoms with Crippen LogP contribution in [0, 0.1) is 11.6 Å². The van der Waals surface area contributed by atoms with Crippen LogP contribution in [0.3, 0.4) is 0 Å². The second-order valence-corrected chi connectivity index (χ2v) is 8.87. The number of rotatable bonds is 9. The van der Waals surface area contributed by atoms with Gasteiger partial charge in [0, 0.05) is 43.3 Å². The number of nitrogens with zero attached hydrogens (tertiary/aromatic N) is 3. The van der Waals surface area contributed by atoms with Gasteiger partial charge in [-0.25, -0.2) is 8.78 Å². The maximum Gasteiger partial charge on any atom is 0.239 e. The summed E-state index contributed by atoms with van der Waals surface area (Å²) in [4.78, 5) is 18.9. The van der Waals surface area contributed by atoms with Crippen molar-refractivity contribution in [2.24, 2.45) is 5.73 Å². The number of nitrogens with two attached hydrogens (primary N) is 1. The molecular weight excluding hydrogens is 446 g/mol. The summed E-state index contributed by atoms with van der Waals surface area (Å²) in [5.74, 6) is -1.17. The van der Waals surface area contributed by atoms with E-state index in [0.717, 1.165) is 18.7 Å². The summed E-state index contributed by atoms with van der Waals surface area (Å²) >= 11 is 5.92. The Balaban J connectivity index is 1.67. The zero-order chi connectivity index (χ0) is 24.0. The molecule has 0 bridgehead atoms. The minimum absolute atomic E-state index is 0.101. The number of hydrogen-bond donors (Lipinski definition) is 1. The Labute approximate surface area is 200 Å². The highest BCUT2D eigenvalue weighted by Gasteiger charge is 2.32. The molecule has 0 spiro atoms. The lowest BCUT2D eigenvalue weighted by Gasteiger charge is -2.41. The number of benzene rings is 2. The predicted octanol–water partition coefficient (Wildman–Crippen LogP) is 3.72. The predicted molar refractivity (Wildman–Crippen MR) is 128 cm³/mol. The van der Waals surface area contributed by atoms with Crippen LogP contribution in [0.5, 0.6) is 0 Å². The second-order valence-electron chi connectivity index (χ2n) is 8.44. The molecule has 1 amide bonds. The first-order chi connectivity index (χ1) is 15.8. The molecule has 2 atom stereocenters. The van der Waals surface area contributed by atoms with Crippen LogP contribution in [0.2, 0.25) is 5.02 Å². The summed E-state index contributed by atoms with van der Waals surface area (Å²) in [7, 11) is 0. The van der Waals surface area contributed by atoms with Gasteiger partial charge in [0.05, 0.1) is 12.1 Å². The van der Waals surface area contributed by atoms with Crippen molar-refractivity contribution in [1.82, 2.24) is 14.7 Å². The highest BCUT2D eigenvalue weighted by molar-refractivity contribution is 6.30. The van der Waals surface area contributed by atoms with Crippen LogP contribution in [0.4, 0.5) is 8.78 Å². The van der Waals surface area contributed by atoms with Crippen LogP contribution in [0.1, 0.15) is 31.0 Å². The summed E-state index contributed by atoms with van der Waals surface area (Å²) in [5, 5.41) is 0.639. The van der Waals surface area contributed by atoms with Crippen molar-refractivity contribution < 1.29 is 13.6 Å². The van der Waals surface area contributed by atoms with Crippen LogP contribution in [0.25, 0.3) is 0 Å². The second kappa shape index (κ2) is 11.9. The van der Waals surface area contributed by atoms with Crippen LogP contribution in [-0.4, -0.2) is 72.5 Å². The van der Waals surface area contributed by atoms with E-state index in [-0.39, 0.29) is 11.5 Å². The van der Waals surface area contributed by atoms with E-state index in [2.05, 4.69) is 9.80 Å². The highest BCUT2D eigenvalue weighted by atomic mass is 35.5. The van der Waals surface area contributed by atoms with E-state index in [0.29, 0.717) is 44.2 Å². The Hall–Kier alpha value is -2.06. The van der Waals surface area contributed by atoms with Gasteiger partial charge in [0.1, 0.15) is 11.6 Å². The van der Waals surface area contributed by atoms with Crippen LogP contribution in [0.15, 0.2) is 42.5 Å². The normalized spacial score (nSPS) is 16.8. The molecule has 2 aromatic rings. The zero-order valence-corrected chi connectivity index (χ0v) is 20.1. The minimum atomic E-state index is -0.645. The molecule has 33 heavy (non-hydrogen) atoms. The van der Waals surface area contributed by atoms with Crippen LogP contribution < -0.4 is 5.73 Å². The van der Waals surface area contributed by atoms with Crippen molar-refractivity contribution in [1.29, 1.82) is 0 Å². The van der Waals surface area contributed by atoms with Gasteiger partial charge in [-0.2, -0.15) is 0 Å². The number of carbonyl (C=O) groups is 1. The minimum Gasteiger partial charge on any atom is -0.339 e. The molecule has 2 unspecified atom stereocenters. The molecule has 1 fully saturated rings. The van der Waals surface area contributed by atoms with Crippen LogP contribution in [-0.2, 0) is 11.2 Å². The molecule has 2 aromatic carbocycles. The first-order valence-corrected chi connectivity index (χ1v) is 11.9. The third kappa shape index (κ3) is 6.51. The van der Waals surface area contributed by atoms with Gasteiger partial charge in [-0.05, 0) is 49.3 Å². The van der Waals surface area contributed by atoms with Gasteiger partial charge in [0.2, 0.25) is 5.91 Å². The Morgan fingerprint density at radius 1 is 1.03 bits per heavy atom. The maximum atomic E-state index is 14.7. The Morgan fingerprint density at radius 3 is 2.15 bits per heavy atom. The fourth-order valence-electron chi connectivity index (χ4n) is 4.39. The largest absolute Gasteiger partial charge is 0.339 e. The average Bonchev–Trinajstić information content (AvgIpc) is 2.82. The zero-order valence-electron chi connectivity index (χ0n) is 19.3. The van der Waals surface area contributed by atoms with Gasteiger partial charge in [-0.3, -0.25) is 9.69 Å². The lowest BCUT2D eigenvalue weighted by atomic mass is 10.0. The molecule has 2 N–H and O–H groups in total. The van der Waals surface area contributed by atoms with Gasteiger partial charge in [0.25, 0.3) is 0 Å². The van der Waals surface area contributed by atoms with E-state index in [1.54, 1.807) is 17.0 Å². The van der Waals surface area contributed by atoms with Gasteiger partial charge < -0.3 is 15.5 Å². The standard InChI is InChI=1S/C25H33ClF2N4O/c1-3-30(4-2)17-23(24-20(27)6-5-7-21(24)28)31-12-14-32(15-13-31)25(33)22(29)16-18-8-10-19(26)11-9-18/h5-11,22-23H,3-4,12-17,29H2,1-2H3. The van der Waals surface area contributed by atoms with E-state index >= 15 is 0 Å². The lowest BCUT2D eigenvalue weighted by Crippen LogP contribution is -2.55. The van der Waals surface area contributed by atoms with E-state index in [9.17, 15) is 13.6 Å². The third-order valence-electron chi connectivity index (χ3n) is 6.41. The van der Waals surface area contributed by atoms with E-state index in [1.165, 1.54) is 18.2 Å². The van der Waals surface area contributed by atoms with Gasteiger partial charge in [-0.1, -0.05) is 43.6 Å². The van der Waals surface area contributed by atoms with Crippen molar-refractivity contribution in [2.75, 3.05) is 45.8 Å². The summed E-state index contributed by atoms with van der Waals surface area (Å²) in [6.45, 7) is 8.18. The molecule has 1 heterocycles. The molecule has 8 heteroatoms. The fraction of sp³-hybridized carbons (Fsp3) is 0.480. The van der Waals surface area contributed by atoms with Gasteiger partial charge in [-0.15, -0.1) is 0 Å². The molecule has 1 saturated heterocycles. The highest BCUT2D eigenvalue weighted by Crippen LogP contribution is 2.28. The molecule has 1 aliphatic heterocycles. The smallest absolute Gasteiger partial charge is 0.239 e. The fourth-order valence-corrected chi connectivity index (χ4v) is 4.52. The molecule has 0 saturated carbocycles. The lowest BCUT2D eigenvalue weighted by molar-refractivity contribution is -0.134. The molecule has 3 rings (SSSR count). The summed E-state index contributed by atoms with van der Waals surface area (Å²) in [6.07, 6.45) is 0.432. The van der Waals surface area contributed by atoms with Crippen molar-refractivity contribution in [3.05, 3.63) is 70.2 Å². The first kappa shape index (κ1) is 25.6. The summed E-state index contributed by atoms with van der Waals surface area (Å²) in [6, 6.07) is 10.2. The molecule has 180 valence electrons. The van der Waals surface area contributed by atoms with Crippen molar-refractivity contribution in [3.8, 4) is 0 Å². The van der Waals surface area contributed by atoms with Crippen LogP contribution >= 0.6 is 11.6 Å². The SMILES string of the molecule is CCN(CC)CC(c1c(F)cccc1F)N1CCN(C(=O)C(N)Cc2ccc(Cl)cc2)CC1. The number of likely N-dealkylation sites (N-methyl/N-ethyl adjacent to an activating group) is 1. The topological polar surface area (TPSA) is 52.8 Å². The number of piperazine rings is 1. The Kier molecular flexibility index (Phi) is 9.20. The molecular formula is C25H33ClF2N4O. The summed E-state index contributed by atoms with van der Waals surface area (Å²) < 4.78 is 29.4. The number of amides is 1.